The molecule has 3 heteroatoms. The van der Waals surface area contributed by atoms with Crippen LogP contribution in [0.4, 0.5) is 0 Å². The van der Waals surface area contributed by atoms with Crippen molar-refractivity contribution in [3.63, 3.8) is 0 Å². The highest BCUT2D eigenvalue weighted by Crippen LogP contribution is 2.40. The Morgan fingerprint density at radius 2 is 2.00 bits per heavy atom. The third-order valence-corrected chi connectivity index (χ3v) is 3.98. The lowest BCUT2D eigenvalue weighted by Gasteiger charge is -2.45. The van der Waals surface area contributed by atoms with Gasteiger partial charge in [-0.05, 0) is 45.1 Å². The van der Waals surface area contributed by atoms with E-state index < -0.39 is 0 Å². The normalized spacial score (nSPS) is 24.9. The quantitative estimate of drug-likeness (QED) is 0.775. The lowest BCUT2D eigenvalue weighted by atomic mass is 9.77. The van der Waals surface area contributed by atoms with Crippen LogP contribution in [0.3, 0.4) is 0 Å². The highest BCUT2D eigenvalue weighted by atomic mass is 16.5. The molecule has 1 heterocycles. The zero-order valence-electron chi connectivity index (χ0n) is 11.3. The monoisotopic (exact) mass is 241 g/mol. The molecule has 17 heavy (non-hydrogen) atoms. The minimum Gasteiger partial charge on any atom is -0.381 e. The van der Waals surface area contributed by atoms with Gasteiger partial charge in [0.1, 0.15) is 0 Å². The third kappa shape index (κ3) is 3.94. The van der Waals surface area contributed by atoms with Crippen molar-refractivity contribution in [2.24, 2.45) is 0 Å². The zero-order valence-corrected chi connectivity index (χ0v) is 11.3. The Labute approximate surface area is 105 Å². The Morgan fingerprint density at radius 1 is 1.29 bits per heavy atom. The lowest BCUT2D eigenvalue weighted by Crippen LogP contribution is -2.46. The van der Waals surface area contributed by atoms with Gasteiger partial charge < -0.3 is 14.8 Å². The van der Waals surface area contributed by atoms with Crippen molar-refractivity contribution < 1.29 is 9.47 Å². The zero-order chi connectivity index (χ0) is 12.1. The summed E-state index contributed by atoms with van der Waals surface area (Å²) in [5, 5.41) is 3.50. The molecular formula is C14H27NO2. The maximum Gasteiger partial charge on any atom is 0.0698 e. The third-order valence-electron chi connectivity index (χ3n) is 3.98. The van der Waals surface area contributed by atoms with Gasteiger partial charge in [0.15, 0.2) is 0 Å². The van der Waals surface area contributed by atoms with E-state index in [9.17, 15) is 0 Å². The van der Waals surface area contributed by atoms with E-state index >= 15 is 0 Å². The molecule has 0 bridgehead atoms. The summed E-state index contributed by atoms with van der Waals surface area (Å²) >= 11 is 0. The van der Waals surface area contributed by atoms with E-state index in [-0.39, 0.29) is 5.60 Å². The summed E-state index contributed by atoms with van der Waals surface area (Å²) in [6, 6.07) is 0.579. The average molecular weight is 241 g/mol. The molecule has 1 aliphatic carbocycles. The van der Waals surface area contributed by atoms with Crippen molar-refractivity contribution in [3.8, 4) is 0 Å². The van der Waals surface area contributed by atoms with Gasteiger partial charge in [-0.25, -0.2) is 0 Å². The van der Waals surface area contributed by atoms with Crippen LogP contribution in [0.2, 0.25) is 0 Å². The van der Waals surface area contributed by atoms with Gasteiger partial charge in [0, 0.05) is 19.3 Å². The Bertz CT molecular complexity index is 220. The predicted octanol–water partition coefficient (Wildman–Crippen LogP) is 2.49. The van der Waals surface area contributed by atoms with Gasteiger partial charge in [-0.3, -0.25) is 0 Å². The van der Waals surface area contributed by atoms with Crippen LogP contribution < -0.4 is 5.32 Å². The van der Waals surface area contributed by atoms with Crippen molar-refractivity contribution >= 4 is 0 Å². The van der Waals surface area contributed by atoms with Crippen LogP contribution in [0, 0.1) is 0 Å². The fourth-order valence-electron chi connectivity index (χ4n) is 2.73. The molecule has 2 fully saturated rings. The number of nitrogens with one attached hydrogen (secondary N) is 1. The summed E-state index contributed by atoms with van der Waals surface area (Å²) in [6.45, 7) is 7.25. The largest absolute Gasteiger partial charge is 0.381 e. The Morgan fingerprint density at radius 3 is 2.53 bits per heavy atom. The minimum absolute atomic E-state index is 0.198. The average Bonchev–Trinajstić information content (AvgIpc) is 2.26. The van der Waals surface area contributed by atoms with E-state index in [4.69, 9.17) is 9.47 Å². The van der Waals surface area contributed by atoms with Crippen LogP contribution in [0.5, 0.6) is 0 Å². The van der Waals surface area contributed by atoms with Crippen LogP contribution in [0.1, 0.15) is 52.4 Å². The Kier molecular flexibility index (Phi) is 4.83. The van der Waals surface area contributed by atoms with E-state index in [1.807, 2.05) is 0 Å². The van der Waals surface area contributed by atoms with Crippen LogP contribution >= 0.6 is 0 Å². The first-order chi connectivity index (χ1) is 8.20. The number of hydrogen-bond donors (Lipinski definition) is 1. The smallest absolute Gasteiger partial charge is 0.0698 e. The van der Waals surface area contributed by atoms with Crippen molar-refractivity contribution in [1.82, 2.24) is 5.32 Å². The molecule has 0 radical (unpaired) electrons. The van der Waals surface area contributed by atoms with Gasteiger partial charge in [-0.2, -0.15) is 0 Å². The summed E-state index contributed by atoms with van der Waals surface area (Å²) in [6.07, 6.45) is 7.63. The molecule has 0 amide bonds. The second-order valence-electron chi connectivity index (χ2n) is 5.82. The molecule has 100 valence electrons. The summed E-state index contributed by atoms with van der Waals surface area (Å²) in [7, 11) is 0. The standard InChI is InChI=1S/C14H27NO2/c1-12(2)15-9-8-14(6-3-7-14)17-13-4-10-16-11-5-13/h12-13,15H,3-11H2,1-2H3. The van der Waals surface area contributed by atoms with Gasteiger partial charge in [0.2, 0.25) is 0 Å². The second kappa shape index (κ2) is 6.17. The molecule has 1 N–H and O–H groups in total. The lowest BCUT2D eigenvalue weighted by molar-refractivity contribution is -0.164. The SMILES string of the molecule is CC(C)NCCC1(OC2CCOCC2)CCC1. The Hall–Kier alpha value is -0.120. The minimum atomic E-state index is 0.198. The fourth-order valence-corrected chi connectivity index (χ4v) is 2.73. The maximum atomic E-state index is 6.38. The first-order valence-electron chi connectivity index (χ1n) is 7.19. The van der Waals surface area contributed by atoms with Gasteiger partial charge in [-0.1, -0.05) is 13.8 Å². The summed E-state index contributed by atoms with van der Waals surface area (Å²) < 4.78 is 11.8. The van der Waals surface area contributed by atoms with Gasteiger partial charge >= 0.3 is 0 Å². The number of rotatable bonds is 6. The number of ether oxygens (including phenoxy) is 2. The summed E-state index contributed by atoms with van der Waals surface area (Å²) in [4.78, 5) is 0. The van der Waals surface area contributed by atoms with E-state index in [2.05, 4.69) is 19.2 Å². The molecule has 0 unspecified atom stereocenters. The van der Waals surface area contributed by atoms with E-state index in [0.717, 1.165) is 32.6 Å². The molecule has 1 saturated carbocycles. The van der Waals surface area contributed by atoms with Crippen LogP contribution in [-0.2, 0) is 9.47 Å². The molecule has 2 rings (SSSR count). The van der Waals surface area contributed by atoms with Crippen LogP contribution in [-0.4, -0.2) is 37.5 Å². The molecular weight excluding hydrogens is 214 g/mol. The summed E-state index contributed by atoms with van der Waals surface area (Å²) in [5.41, 5.74) is 0.198. The van der Waals surface area contributed by atoms with Crippen molar-refractivity contribution in [1.29, 1.82) is 0 Å². The maximum absolute atomic E-state index is 6.38. The van der Waals surface area contributed by atoms with Gasteiger partial charge in [-0.15, -0.1) is 0 Å². The van der Waals surface area contributed by atoms with Crippen molar-refractivity contribution in [2.75, 3.05) is 19.8 Å². The number of hydrogen-bond acceptors (Lipinski definition) is 3. The predicted molar refractivity (Wildman–Crippen MR) is 69.3 cm³/mol. The molecule has 0 spiro atoms. The fraction of sp³-hybridized carbons (Fsp3) is 1.00. The topological polar surface area (TPSA) is 30.5 Å². The van der Waals surface area contributed by atoms with Crippen molar-refractivity contribution in [3.05, 3.63) is 0 Å². The molecule has 0 aromatic heterocycles. The van der Waals surface area contributed by atoms with E-state index in [0.29, 0.717) is 12.1 Å². The van der Waals surface area contributed by atoms with Crippen LogP contribution in [0.15, 0.2) is 0 Å². The molecule has 0 atom stereocenters. The van der Waals surface area contributed by atoms with E-state index in [1.54, 1.807) is 0 Å². The molecule has 0 aromatic carbocycles. The van der Waals surface area contributed by atoms with Gasteiger partial charge in [0.25, 0.3) is 0 Å². The van der Waals surface area contributed by atoms with E-state index in [1.165, 1.54) is 25.7 Å². The highest BCUT2D eigenvalue weighted by molar-refractivity contribution is 4.91. The molecule has 1 saturated heterocycles. The first kappa shape index (κ1) is 13.3. The van der Waals surface area contributed by atoms with Gasteiger partial charge in [0.05, 0.1) is 11.7 Å². The Balaban J connectivity index is 1.73. The van der Waals surface area contributed by atoms with Crippen molar-refractivity contribution in [2.45, 2.75) is 70.1 Å². The molecule has 0 aromatic rings. The second-order valence-corrected chi connectivity index (χ2v) is 5.82. The first-order valence-corrected chi connectivity index (χ1v) is 7.19. The highest BCUT2D eigenvalue weighted by Gasteiger charge is 2.39. The summed E-state index contributed by atoms with van der Waals surface area (Å²) in [5.74, 6) is 0. The molecule has 3 nitrogen and oxygen atoms in total. The molecule has 1 aliphatic heterocycles. The van der Waals surface area contributed by atoms with Crippen LogP contribution in [0.25, 0.3) is 0 Å². The molecule has 2 aliphatic rings.